The first-order valence-corrected chi connectivity index (χ1v) is 6.95. The smallest absolute Gasteiger partial charge is 0.323 e. The lowest BCUT2D eigenvalue weighted by molar-refractivity contribution is -0.150. The molecule has 0 radical (unpaired) electrons. The van der Waals surface area contributed by atoms with Crippen molar-refractivity contribution in [3.8, 4) is 0 Å². The molecule has 0 saturated carbocycles. The molecule has 1 heterocycles. The number of morpholine rings is 1. The number of carboxylic acids is 1. The second kappa shape index (κ2) is 6.83. The van der Waals surface area contributed by atoms with Crippen LogP contribution in [0.3, 0.4) is 0 Å². The minimum Gasteiger partial charge on any atom is -0.480 e. The summed E-state index contributed by atoms with van der Waals surface area (Å²) in [7, 11) is 0. The van der Waals surface area contributed by atoms with Crippen LogP contribution >= 0.6 is 15.9 Å². The number of halogens is 1. The minimum atomic E-state index is -0.971. The summed E-state index contributed by atoms with van der Waals surface area (Å²) < 4.78 is 6.05. The second-order valence-electron chi connectivity index (χ2n) is 4.45. The van der Waals surface area contributed by atoms with E-state index in [1.54, 1.807) is 17.0 Å². The number of hydrogen-bond donors (Lipinski definition) is 2. The fourth-order valence-electron chi connectivity index (χ4n) is 1.97. The van der Waals surface area contributed by atoms with Gasteiger partial charge in [0.15, 0.2) is 0 Å². The lowest BCUT2D eigenvalue weighted by Crippen LogP contribution is -2.52. The van der Waals surface area contributed by atoms with E-state index in [0.717, 1.165) is 4.47 Å². The molecule has 1 aliphatic rings. The maximum atomic E-state index is 11.9. The summed E-state index contributed by atoms with van der Waals surface area (Å²) in [6, 6.07) is 6.43. The van der Waals surface area contributed by atoms with E-state index in [4.69, 9.17) is 9.84 Å². The third-order valence-corrected chi connectivity index (χ3v) is 3.53. The highest BCUT2D eigenvalue weighted by atomic mass is 79.9. The standard InChI is InChI=1S/C13H15BrN2O4/c14-9-1-3-10(4-2-9)15-12(17)7-16-5-6-20-8-11(16)13(18)19/h1-4,11H,5-8H2,(H,15,17)(H,18,19). The molecule has 0 spiro atoms. The van der Waals surface area contributed by atoms with Crippen molar-refractivity contribution < 1.29 is 19.4 Å². The molecule has 1 amide bonds. The van der Waals surface area contributed by atoms with Crippen LogP contribution in [0, 0.1) is 0 Å². The number of anilines is 1. The summed E-state index contributed by atoms with van der Waals surface area (Å²) in [6.07, 6.45) is 0. The Hall–Kier alpha value is -1.44. The van der Waals surface area contributed by atoms with Crippen LogP contribution in [-0.4, -0.2) is 54.2 Å². The molecule has 2 rings (SSSR count). The Morgan fingerprint density at radius 3 is 2.75 bits per heavy atom. The summed E-state index contributed by atoms with van der Waals surface area (Å²) in [5, 5.41) is 11.8. The topological polar surface area (TPSA) is 78.9 Å². The third-order valence-electron chi connectivity index (χ3n) is 3.00. The molecule has 1 unspecified atom stereocenters. The molecule has 1 aromatic rings. The van der Waals surface area contributed by atoms with Gasteiger partial charge >= 0.3 is 5.97 Å². The van der Waals surface area contributed by atoms with E-state index in [0.29, 0.717) is 18.8 Å². The van der Waals surface area contributed by atoms with Crippen molar-refractivity contribution in [3.63, 3.8) is 0 Å². The van der Waals surface area contributed by atoms with Crippen LogP contribution in [-0.2, 0) is 14.3 Å². The number of nitrogens with zero attached hydrogens (tertiary/aromatic N) is 1. The summed E-state index contributed by atoms with van der Waals surface area (Å²) in [5.74, 6) is -1.21. The monoisotopic (exact) mass is 342 g/mol. The van der Waals surface area contributed by atoms with Crippen LogP contribution in [0.1, 0.15) is 0 Å². The van der Waals surface area contributed by atoms with Gasteiger partial charge in [-0.05, 0) is 24.3 Å². The molecule has 2 N–H and O–H groups in total. The van der Waals surface area contributed by atoms with Crippen molar-refractivity contribution in [2.75, 3.05) is 31.6 Å². The lowest BCUT2D eigenvalue weighted by Gasteiger charge is -2.32. The van der Waals surface area contributed by atoms with Crippen LogP contribution in [0.25, 0.3) is 0 Å². The van der Waals surface area contributed by atoms with Crippen LogP contribution in [0.2, 0.25) is 0 Å². The molecule has 1 atom stereocenters. The van der Waals surface area contributed by atoms with Gasteiger partial charge in [0.2, 0.25) is 5.91 Å². The number of carbonyl (C=O) groups is 2. The van der Waals surface area contributed by atoms with Crippen LogP contribution in [0.15, 0.2) is 28.7 Å². The molecular weight excluding hydrogens is 328 g/mol. The molecule has 0 aromatic heterocycles. The Labute approximate surface area is 124 Å². The average molecular weight is 343 g/mol. The summed E-state index contributed by atoms with van der Waals surface area (Å²) in [4.78, 5) is 24.6. The quantitative estimate of drug-likeness (QED) is 0.858. The van der Waals surface area contributed by atoms with Gasteiger partial charge in [-0.2, -0.15) is 0 Å². The van der Waals surface area contributed by atoms with Gasteiger partial charge in [0.25, 0.3) is 0 Å². The second-order valence-corrected chi connectivity index (χ2v) is 5.37. The van der Waals surface area contributed by atoms with Crippen LogP contribution < -0.4 is 5.32 Å². The van der Waals surface area contributed by atoms with E-state index in [1.165, 1.54) is 0 Å². The first-order valence-electron chi connectivity index (χ1n) is 6.16. The van der Waals surface area contributed by atoms with Crippen LogP contribution in [0.4, 0.5) is 5.69 Å². The fourth-order valence-corrected chi connectivity index (χ4v) is 2.24. The van der Waals surface area contributed by atoms with Gasteiger partial charge in [-0.25, -0.2) is 0 Å². The predicted molar refractivity (Wildman–Crippen MR) is 76.6 cm³/mol. The summed E-state index contributed by atoms with van der Waals surface area (Å²) in [6.45, 7) is 1.03. The van der Waals surface area contributed by atoms with Gasteiger partial charge in [0, 0.05) is 16.7 Å². The molecule has 108 valence electrons. The SMILES string of the molecule is O=C(CN1CCOCC1C(=O)O)Nc1ccc(Br)cc1. The average Bonchev–Trinajstić information content (AvgIpc) is 2.41. The normalized spacial score (nSPS) is 19.6. The largest absolute Gasteiger partial charge is 0.480 e. The molecule has 1 aliphatic heterocycles. The van der Waals surface area contributed by atoms with Crippen molar-refractivity contribution in [1.82, 2.24) is 4.90 Å². The van der Waals surface area contributed by atoms with E-state index in [2.05, 4.69) is 21.2 Å². The number of carbonyl (C=O) groups excluding carboxylic acids is 1. The first-order chi connectivity index (χ1) is 9.56. The number of hydrogen-bond acceptors (Lipinski definition) is 4. The molecule has 20 heavy (non-hydrogen) atoms. The Balaban J connectivity index is 1.92. The molecule has 6 nitrogen and oxygen atoms in total. The maximum absolute atomic E-state index is 11.9. The number of nitrogens with one attached hydrogen (secondary N) is 1. The number of amides is 1. The van der Waals surface area contributed by atoms with Crippen LogP contribution in [0.5, 0.6) is 0 Å². The number of rotatable bonds is 4. The van der Waals surface area contributed by atoms with E-state index in [1.807, 2.05) is 12.1 Å². The number of benzene rings is 1. The van der Waals surface area contributed by atoms with E-state index in [9.17, 15) is 9.59 Å². The Kier molecular flexibility index (Phi) is 5.11. The number of ether oxygens (including phenoxy) is 1. The highest BCUT2D eigenvalue weighted by Gasteiger charge is 2.30. The zero-order chi connectivity index (χ0) is 14.5. The van der Waals surface area contributed by atoms with Crippen molar-refractivity contribution >= 4 is 33.5 Å². The molecule has 1 saturated heterocycles. The summed E-state index contributed by atoms with van der Waals surface area (Å²) >= 11 is 3.32. The van der Waals surface area contributed by atoms with Crippen molar-refractivity contribution in [2.24, 2.45) is 0 Å². The molecule has 1 aromatic carbocycles. The van der Waals surface area contributed by atoms with Gasteiger partial charge in [-0.3, -0.25) is 14.5 Å². The Bertz CT molecular complexity index is 492. The Morgan fingerprint density at radius 1 is 1.40 bits per heavy atom. The van der Waals surface area contributed by atoms with E-state index < -0.39 is 12.0 Å². The molecular formula is C13H15BrN2O4. The first kappa shape index (κ1) is 15.0. The van der Waals surface area contributed by atoms with Gasteiger partial charge in [0.1, 0.15) is 6.04 Å². The zero-order valence-electron chi connectivity index (χ0n) is 10.7. The summed E-state index contributed by atoms with van der Waals surface area (Å²) in [5.41, 5.74) is 0.679. The maximum Gasteiger partial charge on any atom is 0.323 e. The molecule has 1 fully saturated rings. The lowest BCUT2D eigenvalue weighted by atomic mass is 10.2. The van der Waals surface area contributed by atoms with Crippen molar-refractivity contribution in [1.29, 1.82) is 0 Å². The van der Waals surface area contributed by atoms with E-state index >= 15 is 0 Å². The number of aliphatic carboxylic acids is 1. The molecule has 0 bridgehead atoms. The fraction of sp³-hybridized carbons (Fsp3) is 0.385. The highest BCUT2D eigenvalue weighted by molar-refractivity contribution is 9.10. The van der Waals surface area contributed by atoms with E-state index in [-0.39, 0.29) is 19.1 Å². The minimum absolute atomic E-state index is 0.0381. The number of carboxylic acid groups (broad SMARTS) is 1. The van der Waals surface area contributed by atoms with Gasteiger partial charge < -0.3 is 15.2 Å². The third kappa shape index (κ3) is 4.03. The zero-order valence-corrected chi connectivity index (χ0v) is 12.3. The van der Waals surface area contributed by atoms with Gasteiger partial charge in [-0.15, -0.1) is 0 Å². The van der Waals surface area contributed by atoms with Crippen molar-refractivity contribution in [3.05, 3.63) is 28.7 Å². The molecule has 0 aliphatic carbocycles. The predicted octanol–water partition coefficient (Wildman–Crippen LogP) is 1.17. The van der Waals surface area contributed by atoms with Crippen molar-refractivity contribution in [2.45, 2.75) is 6.04 Å². The van der Waals surface area contributed by atoms with Gasteiger partial charge in [0.05, 0.1) is 19.8 Å². The van der Waals surface area contributed by atoms with Gasteiger partial charge in [-0.1, -0.05) is 15.9 Å². The Morgan fingerprint density at radius 2 is 2.10 bits per heavy atom. The molecule has 7 heteroatoms. The highest BCUT2D eigenvalue weighted by Crippen LogP contribution is 2.14.